The number of aromatic nitrogens is 5. The fourth-order valence-electron chi connectivity index (χ4n) is 4.24. The molecule has 0 unspecified atom stereocenters. The van der Waals surface area contributed by atoms with Gasteiger partial charge < -0.3 is 20.2 Å². The number of benzene rings is 2. The lowest BCUT2D eigenvalue weighted by molar-refractivity contribution is 0.356. The fourth-order valence-corrected chi connectivity index (χ4v) is 4.24. The van der Waals surface area contributed by atoms with Crippen molar-refractivity contribution in [3.05, 3.63) is 86.6 Å². The van der Waals surface area contributed by atoms with Crippen LogP contribution in [0, 0.1) is 0 Å². The van der Waals surface area contributed by atoms with Crippen molar-refractivity contribution in [1.29, 1.82) is 0 Å². The molecular formula is C25H24N6O4. The molecule has 2 aromatic carbocycles. The molecule has 10 heteroatoms. The SMILES string of the molecule is COc1cc2cncc(CCc3nc4c([nH]3)c(=O)[nH]c(=O)n4Cc3cccc(N)c3)c2cc1OC. The summed E-state index contributed by atoms with van der Waals surface area (Å²) in [4.78, 5) is 39.4. The Labute approximate surface area is 199 Å². The van der Waals surface area contributed by atoms with Crippen LogP contribution in [-0.4, -0.2) is 38.7 Å². The summed E-state index contributed by atoms with van der Waals surface area (Å²) >= 11 is 0. The predicted octanol–water partition coefficient (Wildman–Crippen LogP) is 2.39. The molecular weight excluding hydrogens is 448 g/mol. The first-order chi connectivity index (χ1) is 17.0. The van der Waals surface area contributed by atoms with Crippen LogP contribution >= 0.6 is 0 Å². The van der Waals surface area contributed by atoms with Crippen LogP contribution in [0.4, 0.5) is 5.69 Å². The highest BCUT2D eigenvalue weighted by Gasteiger charge is 2.15. The number of methoxy groups -OCH3 is 2. The quantitative estimate of drug-likeness (QED) is 0.309. The van der Waals surface area contributed by atoms with Gasteiger partial charge in [0.2, 0.25) is 0 Å². The van der Waals surface area contributed by atoms with Gasteiger partial charge in [0.05, 0.1) is 20.8 Å². The standard InChI is InChI=1S/C25H24N6O4/c1-34-19-9-16-12-27-11-15(18(16)10-20(19)35-2)6-7-21-28-22-23(29-21)31(25(33)30-24(22)32)13-14-4-3-5-17(26)8-14/h3-5,8-12H,6-7,13,26H2,1-2H3,(H,28,29)(H,30,32,33). The van der Waals surface area contributed by atoms with Crippen LogP contribution in [0.5, 0.6) is 11.5 Å². The summed E-state index contributed by atoms with van der Waals surface area (Å²) in [6.07, 6.45) is 4.70. The van der Waals surface area contributed by atoms with Crippen molar-refractivity contribution in [3.63, 3.8) is 0 Å². The summed E-state index contributed by atoms with van der Waals surface area (Å²) < 4.78 is 12.3. The molecule has 0 atom stereocenters. The minimum absolute atomic E-state index is 0.232. The van der Waals surface area contributed by atoms with E-state index < -0.39 is 11.2 Å². The van der Waals surface area contributed by atoms with Crippen molar-refractivity contribution >= 4 is 27.6 Å². The maximum atomic E-state index is 12.6. The molecule has 3 aromatic heterocycles. The number of nitrogens with zero attached hydrogens (tertiary/aromatic N) is 3. The number of hydrogen-bond donors (Lipinski definition) is 3. The van der Waals surface area contributed by atoms with Crippen LogP contribution in [0.1, 0.15) is 17.0 Å². The molecule has 178 valence electrons. The normalized spacial score (nSPS) is 11.3. The summed E-state index contributed by atoms with van der Waals surface area (Å²) in [5.74, 6) is 1.86. The van der Waals surface area contributed by atoms with Crippen LogP contribution in [0.25, 0.3) is 21.9 Å². The lowest BCUT2D eigenvalue weighted by Crippen LogP contribution is -2.30. The molecule has 0 fully saturated rings. The largest absolute Gasteiger partial charge is 0.493 e. The van der Waals surface area contributed by atoms with E-state index in [9.17, 15) is 9.59 Å². The summed E-state index contributed by atoms with van der Waals surface area (Å²) in [5, 5.41) is 1.92. The molecule has 0 bridgehead atoms. The summed E-state index contributed by atoms with van der Waals surface area (Å²) in [5.41, 5.74) is 7.82. The molecule has 10 nitrogen and oxygen atoms in total. The first kappa shape index (κ1) is 22.2. The van der Waals surface area contributed by atoms with E-state index in [-0.39, 0.29) is 12.1 Å². The van der Waals surface area contributed by atoms with E-state index in [1.54, 1.807) is 38.7 Å². The third-order valence-corrected chi connectivity index (χ3v) is 5.95. The molecule has 0 aliphatic carbocycles. The minimum atomic E-state index is -0.526. The van der Waals surface area contributed by atoms with Gasteiger partial charge in [0, 0.05) is 29.9 Å². The van der Waals surface area contributed by atoms with Crippen LogP contribution < -0.4 is 26.5 Å². The maximum Gasteiger partial charge on any atom is 0.330 e. The van der Waals surface area contributed by atoms with Crippen molar-refractivity contribution < 1.29 is 9.47 Å². The molecule has 0 saturated carbocycles. The molecule has 0 amide bonds. The number of aryl methyl sites for hydroxylation is 2. The Balaban J connectivity index is 1.49. The number of nitrogens with two attached hydrogens (primary N) is 1. The van der Waals surface area contributed by atoms with E-state index in [4.69, 9.17) is 15.2 Å². The van der Waals surface area contributed by atoms with Gasteiger partial charge in [0.1, 0.15) is 11.3 Å². The van der Waals surface area contributed by atoms with E-state index in [1.165, 1.54) is 4.57 Å². The molecule has 3 heterocycles. The van der Waals surface area contributed by atoms with Gasteiger partial charge in [-0.25, -0.2) is 9.78 Å². The van der Waals surface area contributed by atoms with Crippen LogP contribution in [-0.2, 0) is 19.4 Å². The van der Waals surface area contributed by atoms with Gasteiger partial charge in [-0.1, -0.05) is 12.1 Å². The third-order valence-electron chi connectivity index (χ3n) is 5.95. The van der Waals surface area contributed by atoms with Gasteiger partial charge in [0.25, 0.3) is 5.56 Å². The zero-order valence-electron chi connectivity index (χ0n) is 19.3. The number of aromatic amines is 2. The monoisotopic (exact) mass is 472 g/mol. The molecule has 35 heavy (non-hydrogen) atoms. The topological polar surface area (TPSA) is 141 Å². The van der Waals surface area contributed by atoms with Gasteiger partial charge in [-0.3, -0.25) is 19.3 Å². The Morgan fingerprint density at radius 3 is 2.57 bits per heavy atom. The van der Waals surface area contributed by atoms with Crippen molar-refractivity contribution in [2.24, 2.45) is 0 Å². The molecule has 0 saturated heterocycles. The lowest BCUT2D eigenvalue weighted by Gasteiger charge is -2.11. The number of ether oxygens (including phenoxy) is 2. The van der Waals surface area contributed by atoms with Crippen LogP contribution in [0.3, 0.4) is 0 Å². The van der Waals surface area contributed by atoms with Gasteiger partial charge in [-0.15, -0.1) is 0 Å². The highest BCUT2D eigenvalue weighted by Crippen LogP contribution is 2.33. The first-order valence-corrected chi connectivity index (χ1v) is 11.0. The number of rotatable bonds is 7. The Morgan fingerprint density at radius 1 is 1.00 bits per heavy atom. The van der Waals surface area contributed by atoms with E-state index in [1.807, 2.05) is 24.3 Å². The van der Waals surface area contributed by atoms with Crippen molar-refractivity contribution in [3.8, 4) is 11.5 Å². The average Bonchev–Trinajstić information content (AvgIpc) is 3.29. The Bertz CT molecular complexity index is 1670. The molecule has 5 rings (SSSR count). The lowest BCUT2D eigenvalue weighted by atomic mass is 10.0. The zero-order valence-corrected chi connectivity index (χ0v) is 19.3. The Morgan fingerprint density at radius 2 is 1.80 bits per heavy atom. The highest BCUT2D eigenvalue weighted by atomic mass is 16.5. The summed E-state index contributed by atoms with van der Waals surface area (Å²) in [6, 6.07) is 11.1. The third kappa shape index (κ3) is 4.21. The second kappa shape index (κ2) is 8.98. The van der Waals surface area contributed by atoms with Gasteiger partial charge in [-0.05, 0) is 47.2 Å². The molecule has 0 aliphatic rings. The Kier molecular flexibility index (Phi) is 5.69. The number of nitrogen functional groups attached to an aromatic ring is 1. The van der Waals surface area contributed by atoms with E-state index in [0.29, 0.717) is 41.5 Å². The molecule has 5 aromatic rings. The second-order valence-electron chi connectivity index (χ2n) is 8.20. The van der Waals surface area contributed by atoms with Crippen LogP contribution in [0.2, 0.25) is 0 Å². The van der Waals surface area contributed by atoms with Gasteiger partial charge in [-0.2, -0.15) is 0 Å². The van der Waals surface area contributed by atoms with Gasteiger partial charge in [0.15, 0.2) is 17.1 Å². The maximum absolute atomic E-state index is 12.6. The molecule has 4 N–H and O–H groups in total. The smallest absolute Gasteiger partial charge is 0.330 e. The summed E-state index contributed by atoms with van der Waals surface area (Å²) in [7, 11) is 3.19. The molecule has 0 aliphatic heterocycles. The number of imidazole rings is 1. The fraction of sp³-hybridized carbons (Fsp3) is 0.200. The number of H-pyrrole nitrogens is 2. The number of hydrogen-bond acceptors (Lipinski definition) is 7. The second-order valence-corrected chi connectivity index (χ2v) is 8.20. The number of anilines is 1. The predicted molar refractivity (Wildman–Crippen MR) is 133 cm³/mol. The van der Waals surface area contributed by atoms with Crippen molar-refractivity contribution in [2.45, 2.75) is 19.4 Å². The average molecular weight is 473 g/mol. The minimum Gasteiger partial charge on any atom is -0.493 e. The zero-order chi connectivity index (χ0) is 24.5. The van der Waals surface area contributed by atoms with Crippen LogP contribution in [0.15, 0.2) is 58.4 Å². The Hall–Kier alpha value is -4.60. The first-order valence-electron chi connectivity index (χ1n) is 11.0. The van der Waals surface area contributed by atoms with Crippen molar-refractivity contribution in [2.75, 3.05) is 20.0 Å². The molecule has 0 radical (unpaired) electrons. The molecule has 0 spiro atoms. The number of fused-ring (bicyclic) bond motifs is 2. The van der Waals surface area contributed by atoms with Gasteiger partial charge >= 0.3 is 5.69 Å². The highest BCUT2D eigenvalue weighted by molar-refractivity contribution is 5.88. The summed E-state index contributed by atoms with van der Waals surface area (Å²) in [6.45, 7) is 0.232. The number of pyridine rings is 1. The van der Waals surface area contributed by atoms with E-state index >= 15 is 0 Å². The van der Waals surface area contributed by atoms with E-state index in [0.717, 1.165) is 21.9 Å². The van der Waals surface area contributed by atoms with E-state index in [2.05, 4.69) is 19.9 Å². The number of nitrogens with one attached hydrogen (secondary N) is 2. The van der Waals surface area contributed by atoms with Crippen molar-refractivity contribution in [1.82, 2.24) is 24.5 Å².